The van der Waals surface area contributed by atoms with E-state index in [0.29, 0.717) is 29.3 Å². The second-order valence-electron chi connectivity index (χ2n) is 7.78. The Bertz CT molecular complexity index is 1330. The molecule has 8 heteroatoms. The van der Waals surface area contributed by atoms with Crippen LogP contribution in [0.2, 0.25) is 0 Å². The molecule has 0 bridgehead atoms. The first-order valence-electron chi connectivity index (χ1n) is 10.8. The maximum absolute atomic E-state index is 13.0. The topological polar surface area (TPSA) is 53.4 Å². The van der Waals surface area contributed by atoms with Crippen molar-refractivity contribution in [2.75, 3.05) is 6.61 Å². The Balaban J connectivity index is 1.49. The molecule has 0 amide bonds. The third-order valence-corrected chi connectivity index (χ3v) is 5.43. The van der Waals surface area contributed by atoms with Crippen LogP contribution in [0.4, 0.5) is 13.2 Å². The highest BCUT2D eigenvalue weighted by Crippen LogP contribution is 2.32. The van der Waals surface area contributed by atoms with Crippen molar-refractivity contribution in [2.24, 2.45) is 0 Å². The Morgan fingerprint density at radius 2 is 1.88 bits per heavy atom. The summed E-state index contributed by atoms with van der Waals surface area (Å²) >= 11 is 0. The molecular weight excluding hydrogens is 445 g/mol. The molecule has 2 heterocycles. The van der Waals surface area contributed by atoms with E-state index in [9.17, 15) is 18.0 Å². The van der Waals surface area contributed by atoms with E-state index in [4.69, 9.17) is 9.47 Å². The number of ether oxygens (including phenoxy) is 2. The predicted octanol–water partition coefficient (Wildman–Crippen LogP) is 6.17. The van der Waals surface area contributed by atoms with Crippen LogP contribution in [0.25, 0.3) is 22.2 Å². The van der Waals surface area contributed by atoms with Crippen LogP contribution in [0, 0.1) is 6.92 Å². The molecule has 2 aromatic carbocycles. The van der Waals surface area contributed by atoms with Gasteiger partial charge in [0.15, 0.2) is 0 Å². The lowest BCUT2D eigenvalue weighted by Crippen LogP contribution is -2.12. The van der Waals surface area contributed by atoms with Gasteiger partial charge in [-0.25, -0.2) is 0 Å². The fraction of sp³-hybridized carbons (Fsp3) is 0.231. The summed E-state index contributed by atoms with van der Waals surface area (Å²) in [4.78, 5) is 16.3. The molecule has 0 saturated heterocycles. The molecule has 34 heavy (non-hydrogen) atoms. The summed E-state index contributed by atoms with van der Waals surface area (Å²) in [7, 11) is 0. The molecule has 0 atom stereocenters. The van der Waals surface area contributed by atoms with Gasteiger partial charge in [-0.3, -0.25) is 9.78 Å². The molecule has 0 spiro atoms. The molecule has 4 aromatic rings. The molecular formula is C26H23F3N2O3. The minimum atomic E-state index is -4.41. The number of carbonyl (C=O) groups is 1. The zero-order chi connectivity index (χ0) is 24.3. The Morgan fingerprint density at radius 3 is 2.62 bits per heavy atom. The van der Waals surface area contributed by atoms with E-state index in [1.165, 1.54) is 6.07 Å². The average molecular weight is 468 g/mol. The van der Waals surface area contributed by atoms with Gasteiger partial charge in [0.2, 0.25) is 0 Å². The van der Waals surface area contributed by atoms with Crippen molar-refractivity contribution in [3.8, 4) is 17.0 Å². The first-order chi connectivity index (χ1) is 16.2. The van der Waals surface area contributed by atoms with Crippen LogP contribution in [0.5, 0.6) is 5.75 Å². The largest absolute Gasteiger partial charge is 0.489 e. The number of rotatable bonds is 7. The maximum Gasteiger partial charge on any atom is 0.416 e. The first-order valence-corrected chi connectivity index (χ1v) is 10.8. The van der Waals surface area contributed by atoms with E-state index in [1.54, 1.807) is 36.6 Å². The molecule has 5 nitrogen and oxygen atoms in total. The number of aromatic nitrogens is 2. The molecule has 0 aliphatic carbocycles. The Hall–Kier alpha value is -3.81. The summed E-state index contributed by atoms with van der Waals surface area (Å²) in [6.07, 6.45) is -2.58. The van der Waals surface area contributed by atoms with Gasteiger partial charge in [-0.1, -0.05) is 18.2 Å². The lowest BCUT2D eigenvalue weighted by atomic mass is 10.1. The highest BCUT2D eigenvalue weighted by molar-refractivity contribution is 5.83. The molecule has 2 aromatic heterocycles. The maximum atomic E-state index is 13.0. The summed E-state index contributed by atoms with van der Waals surface area (Å²) in [6.45, 7) is 4.24. The van der Waals surface area contributed by atoms with E-state index in [1.807, 2.05) is 30.5 Å². The van der Waals surface area contributed by atoms with Crippen LogP contribution in [0.1, 0.15) is 23.7 Å². The minimum absolute atomic E-state index is 0.112. The van der Waals surface area contributed by atoms with E-state index in [0.717, 1.165) is 28.6 Å². The predicted molar refractivity (Wildman–Crippen MR) is 122 cm³/mol. The van der Waals surface area contributed by atoms with E-state index < -0.39 is 11.7 Å². The Morgan fingerprint density at radius 1 is 1.06 bits per heavy atom. The van der Waals surface area contributed by atoms with Crippen LogP contribution < -0.4 is 4.74 Å². The quantitative estimate of drug-likeness (QED) is 0.304. The van der Waals surface area contributed by atoms with Gasteiger partial charge in [0.05, 0.1) is 23.4 Å². The van der Waals surface area contributed by atoms with Gasteiger partial charge < -0.3 is 14.0 Å². The minimum Gasteiger partial charge on any atom is -0.489 e. The molecule has 0 radical (unpaired) electrons. The fourth-order valence-corrected chi connectivity index (χ4v) is 3.66. The highest BCUT2D eigenvalue weighted by Gasteiger charge is 2.30. The third kappa shape index (κ3) is 5.22. The van der Waals surface area contributed by atoms with Crippen LogP contribution in [-0.2, 0) is 28.9 Å². The molecule has 0 fully saturated rings. The number of esters is 1. The van der Waals surface area contributed by atoms with Gasteiger partial charge in [-0.05, 0) is 55.6 Å². The molecule has 0 saturated carbocycles. The zero-order valence-electron chi connectivity index (χ0n) is 18.7. The summed E-state index contributed by atoms with van der Waals surface area (Å²) in [5.41, 5.74) is 2.49. The lowest BCUT2D eigenvalue weighted by molar-refractivity contribution is -0.143. The number of hydrogen-bond donors (Lipinski definition) is 0. The number of nitrogens with zero attached hydrogens (tertiary/aromatic N) is 2. The van der Waals surface area contributed by atoms with Gasteiger partial charge in [0.25, 0.3) is 0 Å². The van der Waals surface area contributed by atoms with Gasteiger partial charge >= 0.3 is 12.1 Å². The van der Waals surface area contributed by atoms with Crippen molar-refractivity contribution in [3.05, 3.63) is 83.7 Å². The van der Waals surface area contributed by atoms with Crippen LogP contribution in [0.3, 0.4) is 0 Å². The first kappa shape index (κ1) is 23.4. The van der Waals surface area contributed by atoms with Crippen molar-refractivity contribution < 1.29 is 27.4 Å². The summed E-state index contributed by atoms with van der Waals surface area (Å²) in [5.74, 6) is 0.312. The Labute approximate surface area is 194 Å². The van der Waals surface area contributed by atoms with Crippen LogP contribution in [-0.4, -0.2) is 22.1 Å². The van der Waals surface area contributed by atoms with E-state index >= 15 is 0 Å². The molecule has 0 N–H and O–H groups in total. The summed E-state index contributed by atoms with van der Waals surface area (Å²) in [6, 6.07) is 16.1. The van der Waals surface area contributed by atoms with Gasteiger partial charge in [-0.15, -0.1) is 0 Å². The van der Waals surface area contributed by atoms with Crippen molar-refractivity contribution in [2.45, 2.75) is 33.2 Å². The van der Waals surface area contributed by atoms with Gasteiger partial charge in [-0.2, -0.15) is 13.2 Å². The fourth-order valence-electron chi connectivity index (χ4n) is 3.66. The molecule has 4 rings (SSSR count). The second-order valence-corrected chi connectivity index (χ2v) is 7.78. The number of aryl methyl sites for hydroxylation is 1. The van der Waals surface area contributed by atoms with Crippen molar-refractivity contribution in [1.82, 2.24) is 9.55 Å². The number of benzene rings is 2. The molecule has 0 unspecified atom stereocenters. The highest BCUT2D eigenvalue weighted by atomic mass is 19.4. The van der Waals surface area contributed by atoms with E-state index in [-0.39, 0.29) is 19.1 Å². The number of alkyl halides is 3. The number of hydrogen-bond acceptors (Lipinski definition) is 4. The number of halogens is 3. The summed E-state index contributed by atoms with van der Waals surface area (Å²) < 4.78 is 51.9. The smallest absolute Gasteiger partial charge is 0.416 e. The third-order valence-electron chi connectivity index (χ3n) is 5.43. The second kappa shape index (κ2) is 9.59. The normalized spacial score (nSPS) is 11.6. The zero-order valence-corrected chi connectivity index (χ0v) is 18.7. The SMILES string of the molecule is CCOC(=O)Cn1ccc2ccc(OCc3ccc(-c4cccc(C(F)(F)F)c4)nc3C)cc21. The van der Waals surface area contributed by atoms with Gasteiger partial charge in [0.1, 0.15) is 18.9 Å². The number of carbonyl (C=O) groups excluding carboxylic acids is 1. The molecule has 176 valence electrons. The number of pyridine rings is 1. The summed E-state index contributed by atoms with van der Waals surface area (Å²) in [5, 5.41) is 0.972. The average Bonchev–Trinajstić information content (AvgIpc) is 3.20. The molecule has 0 aliphatic heterocycles. The van der Waals surface area contributed by atoms with Crippen molar-refractivity contribution in [3.63, 3.8) is 0 Å². The lowest BCUT2D eigenvalue weighted by Gasteiger charge is -2.12. The van der Waals surface area contributed by atoms with Crippen LogP contribution in [0.15, 0.2) is 66.9 Å². The van der Waals surface area contributed by atoms with Gasteiger partial charge in [0, 0.05) is 29.1 Å². The standard InChI is InChI=1S/C26H23F3N2O3/c1-3-33-25(32)15-31-12-11-18-7-9-22(14-24(18)31)34-16-20-8-10-23(30-17(20)2)19-5-4-6-21(13-19)26(27,28)29/h4-14H,3,15-16H2,1-2H3. The monoisotopic (exact) mass is 468 g/mol. The van der Waals surface area contributed by atoms with Crippen molar-refractivity contribution in [1.29, 1.82) is 0 Å². The molecule has 0 aliphatic rings. The Kier molecular flexibility index (Phi) is 6.58. The number of fused-ring (bicyclic) bond motifs is 1. The van der Waals surface area contributed by atoms with Crippen LogP contribution >= 0.6 is 0 Å². The van der Waals surface area contributed by atoms with Crippen molar-refractivity contribution >= 4 is 16.9 Å². The van der Waals surface area contributed by atoms with E-state index in [2.05, 4.69) is 4.98 Å².